The van der Waals surface area contributed by atoms with Gasteiger partial charge in [-0.15, -0.1) is 0 Å². The number of hydrogen-bond donors (Lipinski definition) is 1. The summed E-state index contributed by atoms with van der Waals surface area (Å²) >= 11 is 0. The zero-order chi connectivity index (χ0) is 10.4. The molecule has 0 bridgehead atoms. The van der Waals surface area contributed by atoms with Crippen molar-refractivity contribution < 1.29 is 4.74 Å². The highest BCUT2D eigenvalue weighted by Gasteiger charge is 2.41. The molecule has 0 amide bonds. The Kier molecular flexibility index (Phi) is 4.90. The highest BCUT2D eigenvalue weighted by molar-refractivity contribution is 4.94. The maximum Gasteiger partial charge on any atom is 0.0466 e. The van der Waals surface area contributed by atoms with Crippen LogP contribution in [0.15, 0.2) is 0 Å². The fourth-order valence-corrected chi connectivity index (χ4v) is 1.81. The van der Waals surface area contributed by atoms with Gasteiger partial charge in [-0.2, -0.15) is 0 Å². The van der Waals surface area contributed by atoms with E-state index in [2.05, 4.69) is 26.1 Å². The first-order valence-corrected chi connectivity index (χ1v) is 6.00. The van der Waals surface area contributed by atoms with Crippen LogP contribution in [0.25, 0.3) is 0 Å². The molecule has 0 aromatic carbocycles. The molecule has 0 unspecified atom stereocenters. The molecule has 1 N–H and O–H groups in total. The SMILES string of the molecule is CCOCCCC1(CNC(C)C)CC1. The Morgan fingerprint density at radius 2 is 2.07 bits per heavy atom. The first-order chi connectivity index (χ1) is 6.68. The van der Waals surface area contributed by atoms with E-state index in [4.69, 9.17) is 4.74 Å². The monoisotopic (exact) mass is 199 g/mol. The molecule has 1 fully saturated rings. The minimum atomic E-state index is 0.624. The van der Waals surface area contributed by atoms with Gasteiger partial charge < -0.3 is 10.1 Å². The molecule has 2 heteroatoms. The lowest BCUT2D eigenvalue weighted by Crippen LogP contribution is -2.30. The van der Waals surface area contributed by atoms with Gasteiger partial charge >= 0.3 is 0 Å². The minimum absolute atomic E-state index is 0.624. The summed E-state index contributed by atoms with van der Waals surface area (Å²) in [4.78, 5) is 0. The summed E-state index contributed by atoms with van der Waals surface area (Å²) in [6, 6.07) is 0.624. The van der Waals surface area contributed by atoms with Gasteiger partial charge in [0.1, 0.15) is 0 Å². The largest absolute Gasteiger partial charge is 0.382 e. The summed E-state index contributed by atoms with van der Waals surface area (Å²) in [5, 5.41) is 3.55. The maximum absolute atomic E-state index is 5.36. The topological polar surface area (TPSA) is 21.3 Å². The average Bonchev–Trinajstić information content (AvgIpc) is 2.91. The van der Waals surface area contributed by atoms with Crippen LogP contribution in [-0.4, -0.2) is 25.8 Å². The van der Waals surface area contributed by atoms with E-state index in [9.17, 15) is 0 Å². The van der Waals surface area contributed by atoms with Crippen LogP contribution in [0, 0.1) is 5.41 Å². The Labute approximate surface area is 88.4 Å². The quantitative estimate of drug-likeness (QED) is 0.607. The molecule has 0 spiro atoms. The summed E-state index contributed by atoms with van der Waals surface area (Å²) < 4.78 is 5.36. The molecule has 1 aliphatic carbocycles. The molecule has 0 saturated heterocycles. The van der Waals surface area contributed by atoms with Crippen LogP contribution in [0.4, 0.5) is 0 Å². The van der Waals surface area contributed by atoms with E-state index in [0.29, 0.717) is 11.5 Å². The Morgan fingerprint density at radius 1 is 1.36 bits per heavy atom. The van der Waals surface area contributed by atoms with E-state index in [1.807, 2.05) is 0 Å². The Bertz CT molecular complexity index is 152. The molecule has 0 radical (unpaired) electrons. The molecular formula is C12H25NO. The van der Waals surface area contributed by atoms with Crippen LogP contribution in [0.5, 0.6) is 0 Å². The molecule has 0 aromatic heterocycles. The number of rotatable bonds is 8. The van der Waals surface area contributed by atoms with Crippen LogP contribution in [0.2, 0.25) is 0 Å². The van der Waals surface area contributed by atoms with Gasteiger partial charge in [0.05, 0.1) is 0 Å². The summed E-state index contributed by atoms with van der Waals surface area (Å²) in [5.74, 6) is 0. The second-order valence-corrected chi connectivity index (χ2v) is 4.84. The fourth-order valence-electron chi connectivity index (χ4n) is 1.81. The molecule has 1 saturated carbocycles. The Morgan fingerprint density at radius 3 is 2.57 bits per heavy atom. The molecule has 0 atom stereocenters. The molecule has 14 heavy (non-hydrogen) atoms. The third kappa shape index (κ3) is 4.43. The lowest BCUT2D eigenvalue weighted by Gasteiger charge is -2.17. The third-order valence-electron chi connectivity index (χ3n) is 3.04. The first kappa shape index (κ1) is 12.0. The molecular weight excluding hydrogens is 174 g/mol. The predicted octanol–water partition coefficient (Wildman–Crippen LogP) is 2.58. The highest BCUT2D eigenvalue weighted by Crippen LogP contribution is 2.49. The van der Waals surface area contributed by atoms with Crippen molar-refractivity contribution >= 4 is 0 Å². The molecule has 84 valence electrons. The van der Waals surface area contributed by atoms with Crippen LogP contribution < -0.4 is 5.32 Å². The minimum Gasteiger partial charge on any atom is -0.382 e. The Balaban J connectivity index is 2.04. The van der Waals surface area contributed by atoms with Gasteiger partial charge in [0, 0.05) is 25.8 Å². The summed E-state index contributed by atoms with van der Waals surface area (Å²) in [6.07, 6.45) is 5.40. The predicted molar refractivity (Wildman–Crippen MR) is 60.5 cm³/mol. The normalized spacial score (nSPS) is 18.9. The number of hydrogen-bond acceptors (Lipinski definition) is 2. The summed E-state index contributed by atoms with van der Waals surface area (Å²) in [7, 11) is 0. The molecule has 0 aromatic rings. The van der Waals surface area contributed by atoms with Crippen molar-refractivity contribution in [3.63, 3.8) is 0 Å². The lowest BCUT2D eigenvalue weighted by atomic mass is 10.0. The van der Waals surface area contributed by atoms with E-state index in [1.54, 1.807) is 0 Å². The maximum atomic E-state index is 5.36. The van der Waals surface area contributed by atoms with Crippen molar-refractivity contribution in [1.82, 2.24) is 5.32 Å². The van der Waals surface area contributed by atoms with E-state index < -0.39 is 0 Å². The highest BCUT2D eigenvalue weighted by atomic mass is 16.5. The van der Waals surface area contributed by atoms with E-state index >= 15 is 0 Å². The molecule has 0 heterocycles. The fraction of sp³-hybridized carbons (Fsp3) is 1.00. The van der Waals surface area contributed by atoms with Gasteiger partial charge in [0.25, 0.3) is 0 Å². The first-order valence-electron chi connectivity index (χ1n) is 6.00. The van der Waals surface area contributed by atoms with Gasteiger partial charge in [-0.05, 0) is 38.0 Å². The number of ether oxygens (including phenoxy) is 1. The second-order valence-electron chi connectivity index (χ2n) is 4.84. The van der Waals surface area contributed by atoms with Crippen molar-refractivity contribution in [2.45, 2.75) is 52.5 Å². The van der Waals surface area contributed by atoms with Crippen molar-refractivity contribution in [1.29, 1.82) is 0 Å². The lowest BCUT2D eigenvalue weighted by molar-refractivity contribution is 0.137. The van der Waals surface area contributed by atoms with Crippen molar-refractivity contribution in [2.75, 3.05) is 19.8 Å². The van der Waals surface area contributed by atoms with E-state index in [1.165, 1.54) is 32.2 Å². The molecule has 2 nitrogen and oxygen atoms in total. The van der Waals surface area contributed by atoms with Gasteiger partial charge in [-0.1, -0.05) is 13.8 Å². The number of nitrogens with one attached hydrogen (secondary N) is 1. The zero-order valence-corrected chi connectivity index (χ0v) is 9.94. The smallest absolute Gasteiger partial charge is 0.0466 e. The van der Waals surface area contributed by atoms with Crippen molar-refractivity contribution in [2.24, 2.45) is 5.41 Å². The van der Waals surface area contributed by atoms with E-state index in [0.717, 1.165) is 13.2 Å². The molecule has 1 rings (SSSR count). The van der Waals surface area contributed by atoms with Gasteiger partial charge in [-0.3, -0.25) is 0 Å². The molecule has 0 aliphatic heterocycles. The zero-order valence-electron chi connectivity index (χ0n) is 9.94. The standard InChI is InChI=1S/C12H25NO/c1-4-14-9-5-6-12(7-8-12)10-13-11(2)3/h11,13H,4-10H2,1-3H3. The third-order valence-corrected chi connectivity index (χ3v) is 3.04. The van der Waals surface area contributed by atoms with Gasteiger partial charge in [0.15, 0.2) is 0 Å². The molecule has 1 aliphatic rings. The van der Waals surface area contributed by atoms with Crippen LogP contribution in [0.1, 0.15) is 46.5 Å². The van der Waals surface area contributed by atoms with Crippen molar-refractivity contribution in [3.05, 3.63) is 0 Å². The van der Waals surface area contributed by atoms with Gasteiger partial charge in [0.2, 0.25) is 0 Å². The van der Waals surface area contributed by atoms with Crippen LogP contribution >= 0.6 is 0 Å². The summed E-state index contributed by atoms with van der Waals surface area (Å²) in [5.41, 5.74) is 0.640. The summed E-state index contributed by atoms with van der Waals surface area (Å²) in [6.45, 7) is 9.51. The van der Waals surface area contributed by atoms with Crippen molar-refractivity contribution in [3.8, 4) is 0 Å². The average molecular weight is 199 g/mol. The van der Waals surface area contributed by atoms with E-state index in [-0.39, 0.29) is 0 Å². The van der Waals surface area contributed by atoms with Crippen LogP contribution in [-0.2, 0) is 4.74 Å². The van der Waals surface area contributed by atoms with Gasteiger partial charge in [-0.25, -0.2) is 0 Å². The Hall–Kier alpha value is -0.0800. The second kappa shape index (κ2) is 5.72. The van der Waals surface area contributed by atoms with Crippen LogP contribution in [0.3, 0.4) is 0 Å².